The topological polar surface area (TPSA) is 122 Å². The molecule has 1 aliphatic rings. The summed E-state index contributed by atoms with van der Waals surface area (Å²) >= 11 is 0. The average molecular weight is 424 g/mol. The van der Waals surface area contributed by atoms with E-state index in [4.69, 9.17) is 24.7 Å². The summed E-state index contributed by atoms with van der Waals surface area (Å²) in [4.78, 5) is 13.0. The van der Waals surface area contributed by atoms with Crippen molar-refractivity contribution in [3.8, 4) is 34.5 Å². The highest BCUT2D eigenvalue weighted by Gasteiger charge is 2.22. The largest absolute Gasteiger partial charge is 0.493 e. The lowest BCUT2D eigenvalue weighted by atomic mass is 10.2. The number of methoxy groups -OCH3 is 1. The Labute approximate surface area is 179 Å². The standard InChI is InChI=1S/C22H24N4O5/c1-28-17-6-2-3-7-18(17)31-19-20(23)25-21(14-8-9-24-15(11-14)12-27)26-22(19)30-13-16-5-4-10-29-16/h2-3,6-9,11,16,27H,4-5,10,12-13H2,1H3,(H2,23,25,26). The van der Waals surface area contributed by atoms with E-state index >= 15 is 0 Å². The van der Waals surface area contributed by atoms with Crippen molar-refractivity contribution >= 4 is 5.82 Å². The van der Waals surface area contributed by atoms with Crippen LogP contribution in [-0.4, -0.2) is 46.5 Å². The van der Waals surface area contributed by atoms with E-state index in [9.17, 15) is 5.11 Å². The Morgan fingerprint density at radius 1 is 1.19 bits per heavy atom. The van der Waals surface area contributed by atoms with Crippen molar-refractivity contribution < 1.29 is 24.1 Å². The molecule has 1 saturated heterocycles. The Hall–Kier alpha value is -3.43. The van der Waals surface area contributed by atoms with Gasteiger partial charge in [0.25, 0.3) is 5.88 Å². The number of hydrogen-bond acceptors (Lipinski definition) is 9. The number of benzene rings is 1. The molecular formula is C22H24N4O5. The second-order valence-electron chi connectivity index (χ2n) is 6.96. The molecule has 4 rings (SSSR count). The van der Waals surface area contributed by atoms with Crippen LogP contribution in [0.15, 0.2) is 42.6 Å². The summed E-state index contributed by atoms with van der Waals surface area (Å²) in [5.41, 5.74) is 7.41. The zero-order chi connectivity index (χ0) is 21.6. The van der Waals surface area contributed by atoms with Crippen LogP contribution in [0.1, 0.15) is 18.5 Å². The Morgan fingerprint density at radius 2 is 2.03 bits per heavy atom. The fourth-order valence-electron chi connectivity index (χ4n) is 3.23. The summed E-state index contributed by atoms with van der Waals surface area (Å²) in [6, 6.07) is 10.6. The molecule has 1 atom stereocenters. The summed E-state index contributed by atoms with van der Waals surface area (Å²) in [6.45, 7) is 0.841. The predicted octanol–water partition coefficient (Wildman–Crippen LogP) is 2.97. The number of hydrogen-bond donors (Lipinski definition) is 2. The number of para-hydroxylation sites is 2. The lowest BCUT2D eigenvalue weighted by Gasteiger charge is -2.17. The molecule has 0 radical (unpaired) electrons. The number of nitrogens with two attached hydrogens (primary N) is 1. The smallest absolute Gasteiger partial charge is 0.263 e. The monoisotopic (exact) mass is 424 g/mol. The minimum Gasteiger partial charge on any atom is -0.493 e. The highest BCUT2D eigenvalue weighted by Crippen LogP contribution is 2.39. The number of nitrogens with zero attached hydrogens (tertiary/aromatic N) is 3. The molecule has 31 heavy (non-hydrogen) atoms. The zero-order valence-corrected chi connectivity index (χ0v) is 17.2. The molecule has 3 N–H and O–H groups in total. The molecule has 1 fully saturated rings. The highest BCUT2D eigenvalue weighted by atomic mass is 16.6. The van der Waals surface area contributed by atoms with Crippen LogP contribution in [0.25, 0.3) is 11.4 Å². The maximum Gasteiger partial charge on any atom is 0.263 e. The van der Waals surface area contributed by atoms with Gasteiger partial charge in [-0.3, -0.25) is 4.98 Å². The van der Waals surface area contributed by atoms with Gasteiger partial charge in [-0.05, 0) is 37.1 Å². The molecule has 0 aliphatic carbocycles. The molecule has 162 valence electrons. The first-order chi connectivity index (χ1) is 15.2. The fourth-order valence-corrected chi connectivity index (χ4v) is 3.23. The van der Waals surface area contributed by atoms with Crippen molar-refractivity contribution in [3.05, 3.63) is 48.3 Å². The van der Waals surface area contributed by atoms with Gasteiger partial charge in [-0.1, -0.05) is 12.1 Å². The van der Waals surface area contributed by atoms with E-state index in [0.717, 1.165) is 19.4 Å². The van der Waals surface area contributed by atoms with Crippen LogP contribution >= 0.6 is 0 Å². The summed E-state index contributed by atoms with van der Waals surface area (Å²) in [6.07, 6.45) is 3.48. The lowest BCUT2D eigenvalue weighted by molar-refractivity contribution is 0.0654. The molecular weight excluding hydrogens is 400 g/mol. The number of aliphatic hydroxyl groups is 1. The van der Waals surface area contributed by atoms with Crippen LogP contribution in [0.5, 0.6) is 23.1 Å². The lowest BCUT2D eigenvalue weighted by Crippen LogP contribution is -2.17. The number of aliphatic hydroxyl groups excluding tert-OH is 1. The van der Waals surface area contributed by atoms with E-state index in [-0.39, 0.29) is 30.2 Å². The first-order valence-corrected chi connectivity index (χ1v) is 9.97. The van der Waals surface area contributed by atoms with Gasteiger partial charge in [0.15, 0.2) is 23.1 Å². The molecule has 3 heterocycles. The van der Waals surface area contributed by atoms with Gasteiger partial charge in [-0.15, -0.1) is 0 Å². The second-order valence-corrected chi connectivity index (χ2v) is 6.96. The summed E-state index contributed by atoms with van der Waals surface area (Å²) < 4.78 is 23.0. The zero-order valence-electron chi connectivity index (χ0n) is 17.2. The van der Waals surface area contributed by atoms with Crippen molar-refractivity contribution in [1.29, 1.82) is 0 Å². The van der Waals surface area contributed by atoms with Gasteiger partial charge in [-0.2, -0.15) is 4.98 Å². The number of pyridine rings is 1. The van der Waals surface area contributed by atoms with Gasteiger partial charge in [-0.25, -0.2) is 4.98 Å². The van der Waals surface area contributed by atoms with Crippen molar-refractivity contribution in [1.82, 2.24) is 15.0 Å². The van der Waals surface area contributed by atoms with Gasteiger partial charge in [0, 0.05) is 18.4 Å². The maximum absolute atomic E-state index is 9.38. The Balaban J connectivity index is 1.71. The third kappa shape index (κ3) is 4.84. The van der Waals surface area contributed by atoms with Crippen LogP contribution in [0, 0.1) is 0 Å². The van der Waals surface area contributed by atoms with Gasteiger partial charge >= 0.3 is 0 Å². The normalized spacial score (nSPS) is 15.6. The molecule has 3 aromatic rings. The molecule has 9 nitrogen and oxygen atoms in total. The van der Waals surface area contributed by atoms with Crippen LogP contribution in [-0.2, 0) is 11.3 Å². The number of ether oxygens (including phenoxy) is 4. The SMILES string of the molecule is COc1ccccc1Oc1c(N)nc(-c2ccnc(CO)c2)nc1OCC1CCCO1. The summed E-state index contributed by atoms with van der Waals surface area (Å²) in [7, 11) is 1.56. The third-order valence-electron chi connectivity index (χ3n) is 4.81. The maximum atomic E-state index is 9.38. The minimum absolute atomic E-state index is 0.0133. The van der Waals surface area contributed by atoms with Crippen LogP contribution in [0.3, 0.4) is 0 Å². The van der Waals surface area contributed by atoms with Gasteiger partial charge in [0.2, 0.25) is 5.75 Å². The Kier molecular flexibility index (Phi) is 6.44. The van der Waals surface area contributed by atoms with E-state index in [1.54, 1.807) is 37.6 Å². The van der Waals surface area contributed by atoms with Crippen LogP contribution < -0.4 is 19.9 Å². The summed E-state index contributed by atoms with van der Waals surface area (Å²) in [5, 5.41) is 9.38. The van der Waals surface area contributed by atoms with E-state index in [1.165, 1.54) is 0 Å². The molecule has 0 spiro atoms. The predicted molar refractivity (Wildman–Crippen MR) is 113 cm³/mol. The quantitative estimate of drug-likeness (QED) is 0.562. The van der Waals surface area contributed by atoms with Crippen molar-refractivity contribution in [2.24, 2.45) is 0 Å². The number of anilines is 1. The van der Waals surface area contributed by atoms with Crippen molar-refractivity contribution in [2.45, 2.75) is 25.6 Å². The second kappa shape index (κ2) is 9.59. The molecule has 1 aromatic carbocycles. The molecule has 9 heteroatoms. The van der Waals surface area contributed by atoms with Crippen molar-refractivity contribution in [2.75, 3.05) is 26.1 Å². The number of rotatable bonds is 8. The van der Waals surface area contributed by atoms with E-state index in [2.05, 4.69) is 15.0 Å². The number of aromatic nitrogens is 3. The Bertz CT molecular complexity index is 1040. The van der Waals surface area contributed by atoms with Crippen molar-refractivity contribution in [3.63, 3.8) is 0 Å². The molecule has 2 aromatic heterocycles. The Morgan fingerprint density at radius 3 is 2.77 bits per heavy atom. The van der Waals surface area contributed by atoms with Gasteiger partial charge in [0.05, 0.1) is 25.5 Å². The minimum atomic E-state index is -0.194. The average Bonchev–Trinajstić information content (AvgIpc) is 3.33. The fraction of sp³-hybridized carbons (Fsp3) is 0.318. The summed E-state index contributed by atoms with van der Waals surface area (Å²) in [5.74, 6) is 1.85. The molecule has 1 unspecified atom stereocenters. The van der Waals surface area contributed by atoms with Crippen LogP contribution in [0.4, 0.5) is 5.82 Å². The van der Waals surface area contributed by atoms with Gasteiger partial charge < -0.3 is 29.8 Å². The van der Waals surface area contributed by atoms with Gasteiger partial charge in [0.1, 0.15) is 6.61 Å². The first-order valence-electron chi connectivity index (χ1n) is 9.97. The molecule has 1 aliphatic heterocycles. The van der Waals surface area contributed by atoms with E-state index in [0.29, 0.717) is 35.2 Å². The highest BCUT2D eigenvalue weighted by molar-refractivity contribution is 5.63. The number of nitrogen functional groups attached to an aromatic ring is 1. The van der Waals surface area contributed by atoms with E-state index in [1.807, 2.05) is 12.1 Å². The van der Waals surface area contributed by atoms with E-state index < -0.39 is 0 Å². The molecule has 0 bridgehead atoms. The van der Waals surface area contributed by atoms with Crippen LogP contribution in [0.2, 0.25) is 0 Å². The third-order valence-corrected chi connectivity index (χ3v) is 4.81. The molecule has 0 amide bonds. The molecule has 0 saturated carbocycles. The first kappa shape index (κ1) is 20.8.